The lowest BCUT2D eigenvalue weighted by atomic mass is 9.87. The van der Waals surface area contributed by atoms with Crippen LogP contribution in [-0.4, -0.2) is 23.2 Å². The zero-order valence-corrected chi connectivity index (χ0v) is 14.2. The Labute approximate surface area is 132 Å². The molecular formula is C17H26N2OS. The summed E-state index contributed by atoms with van der Waals surface area (Å²) in [5.74, 6) is 0.390. The van der Waals surface area contributed by atoms with E-state index in [-0.39, 0.29) is 11.3 Å². The average Bonchev–Trinajstić information content (AvgIpc) is 3.19. The smallest absolute Gasteiger partial charge is 0.238 e. The maximum atomic E-state index is 11.7. The Morgan fingerprint density at radius 3 is 2.24 bits per heavy atom. The lowest BCUT2D eigenvalue weighted by molar-refractivity contribution is -0.123. The van der Waals surface area contributed by atoms with Crippen molar-refractivity contribution in [3.63, 3.8) is 0 Å². The van der Waals surface area contributed by atoms with Crippen LogP contribution < -0.4 is 11.1 Å². The van der Waals surface area contributed by atoms with Gasteiger partial charge in [0.1, 0.15) is 5.54 Å². The topological polar surface area (TPSA) is 55.1 Å². The van der Waals surface area contributed by atoms with Crippen LogP contribution in [0.2, 0.25) is 0 Å². The number of hydrogen-bond donors (Lipinski definition) is 2. The van der Waals surface area contributed by atoms with Gasteiger partial charge < -0.3 is 11.1 Å². The number of nitrogens with two attached hydrogens (primary N) is 1. The van der Waals surface area contributed by atoms with E-state index in [1.165, 1.54) is 10.5 Å². The minimum Gasteiger partial charge on any atom is -0.368 e. The molecule has 3 N–H and O–H groups in total. The molecule has 0 spiro atoms. The molecule has 2 rings (SSSR count). The molecule has 1 saturated carbocycles. The van der Waals surface area contributed by atoms with Gasteiger partial charge in [-0.2, -0.15) is 0 Å². The van der Waals surface area contributed by atoms with Crippen molar-refractivity contribution in [1.82, 2.24) is 5.32 Å². The second-order valence-corrected chi connectivity index (χ2v) is 8.23. The lowest BCUT2D eigenvalue weighted by Crippen LogP contribution is -2.55. The largest absolute Gasteiger partial charge is 0.368 e. The van der Waals surface area contributed by atoms with Gasteiger partial charge in [-0.1, -0.05) is 32.9 Å². The zero-order chi connectivity index (χ0) is 15.7. The molecule has 1 aliphatic rings. The fourth-order valence-electron chi connectivity index (χ4n) is 2.14. The molecule has 0 aromatic heterocycles. The zero-order valence-electron chi connectivity index (χ0n) is 13.4. The number of thioether (sulfide) groups is 1. The number of carbonyl (C=O) groups is 1. The summed E-state index contributed by atoms with van der Waals surface area (Å²) in [6.45, 7) is 8.53. The van der Waals surface area contributed by atoms with Gasteiger partial charge in [-0.25, -0.2) is 0 Å². The van der Waals surface area contributed by atoms with E-state index in [2.05, 4.69) is 50.4 Å². The molecule has 4 heteroatoms. The predicted octanol–water partition coefficient (Wildman–Crippen LogP) is 3.07. The van der Waals surface area contributed by atoms with E-state index in [1.807, 2.05) is 6.92 Å². The van der Waals surface area contributed by atoms with E-state index in [9.17, 15) is 4.79 Å². The highest BCUT2D eigenvalue weighted by Gasteiger charge is 2.36. The normalized spacial score (nSPS) is 18.3. The van der Waals surface area contributed by atoms with E-state index < -0.39 is 5.54 Å². The van der Waals surface area contributed by atoms with Crippen molar-refractivity contribution < 1.29 is 4.79 Å². The first-order chi connectivity index (χ1) is 9.71. The minimum absolute atomic E-state index is 0.165. The summed E-state index contributed by atoms with van der Waals surface area (Å²) in [6, 6.07) is 9.05. The summed E-state index contributed by atoms with van der Waals surface area (Å²) in [4.78, 5) is 12.9. The van der Waals surface area contributed by atoms with Gasteiger partial charge >= 0.3 is 0 Å². The van der Waals surface area contributed by atoms with E-state index in [1.54, 1.807) is 11.8 Å². The molecule has 116 valence electrons. The molecule has 0 bridgehead atoms. The van der Waals surface area contributed by atoms with E-state index in [0.717, 1.165) is 12.8 Å². The number of nitrogens with one attached hydrogen (secondary N) is 1. The first-order valence-corrected chi connectivity index (χ1v) is 8.50. The second kappa shape index (κ2) is 6.01. The molecule has 1 unspecified atom stereocenters. The summed E-state index contributed by atoms with van der Waals surface area (Å²) >= 11 is 1.68. The third-order valence-corrected chi connectivity index (χ3v) is 5.22. The molecule has 1 aliphatic carbocycles. The van der Waals surface area contributed by atoms with Crippen molar-refractivity contribution in [2.75, 3.05) is 5.75 Å². The first kappa shape index (κ1) is 16.4. The van der Waals surface area contributed by atoms with Crippen LogP contribution in [0, 0.1) is 0 Å². The highest BCUT2D eigenvalue weighted by atomic mass is 32.2. The van der Waals surface area contributed by atoms with E-state index in [0.29, 0.717) is 11.8 Å². The third-order valence-electron chi connectivity index (χ3n) is 3.89. The number of benzene rings is 1. The molecule has 0 heterocycles. The highest BCUT2D eigenvalue weighted by molar-refractivity contribution is 7.99. The van der Waals surface area contributed by atoms with E-state index in [4.69, 9.17) is 5.73 Å². The van der Waals surface area contributed by atoms with Crippen LogP contribution >= 0.6 is 11.8 Å². The van der Waals surface area contributed by atoms with Gasteiger partial charge in [-0.15, -0.1) is 11.8 Å². The van der Waals surface area contributed by atoms with Gasteiger partial charge in [-0.3, -0.25) is 4.79 Å². The van der Waals surface area contributed by atoms with Crippen LogP contribution in [0.15, 0.2) is 29.2 Å². The maximum Gasteiger partial charge on any atom is 0.238 e. The molecule has 1 aromatic rings. The molecule has 1 atom stereocenters. The molecule has 0 radical (unpaired) electrons. The molecule has 21 heavy (non-hydrogen) atoms. The summed E-state index contributed by atoms with van der Waals surface area (Å²) in [5, 5.41) is 3.38. The summed E-state index contributed by atoms with van der Waals surface area (Å²) in [7, 11) is 0. The fourth-order valence-corrected chi connectivity index (χ4v) is 3.15. The number of carbonyl (C=O) groups excluding carboxylic acids is 1. The molecule has 1 fully saturated rings. The van der Waals surface area contributed by atoms with Crippen LogP contribution in [0.3, 0.4) is 0 Å². The Balaban J connectivity index is 1.98. The minimum atomic E-state index is -0.630. The van der Waals surface area contributed by atoms with Gasteiger partial charge in [0.2, 0.25) is 5.91 Å². The van der Waals surface area contributed by atoms with Crippen LogP contribution in [0.4, 0.5) is 0 Å². The standard InChI is InChI=1S/C17H26N2OS/c1-16(2,3)12-5-9-14(10-6-12)21-11-17(4,15(18)20)19-13-7-8-13/h5-6,9-10,13,19H,7-8,11H2,1-4H3,(H2,18,20). The molecule has 0 aliphatic heterocycles. The average molecular weight is 306 g/mol. The van der Waals surface area contributed by atoms with Crippen molar-refractivity contribution in [3.8, 4) is 0 Å². The number of hydrogen-bond acceptors (Lipinski definition) is 3. The van der Waals surface area contributed by atoms with Gasteiger partial charge in [0, 0.05) is 16.7 Å². The quantitative estimate of drug-likeness (QED) is 0.794. The highest BCUT2D eigenvalue weighted by Crippen LogP contribution is 2.29. The van der Waals surface area contributed by atoms with Crippen molar-refractivity contribution >= 4 is 17.7 Å². The molecule has 1 amide bonds. The first-order valence-electron chi connectivity index (χ1n) is 7.52. The second-order valence-electron chi connectivity index (χ2n) is 7.18. The monoisotopic (exact) mass is 306 g/mol. The maximum absolute atomic E-state index is 11.7. The van der Waals surface area contributed by atoms with Crippen molar-refractivity contribution in [2.45, 2.75) is 62.4 Å². The van der Waals surface area contributed by atoms with Crippen LogP contribution in [0.1, 0.15) is 46.1 Å². The Hall–Kier alpha value is -1.00. The Kier molecular flexibility index (Phi) is 4.69. The molecular weight excluding hydrogens is 280 g/mol. The number of rotatable bonds is 6. The van der Waals surface area contributed by atoms with Crippen molar-refractivity contribution in [3.05, 3.63) is 29.8 Å². The van der Waals surface area contributed by atoms with Crippen LogP contribution in [0.5, 0.6) is 0 Å². The fraction of sp³-hybridized carbons (Fsp3) is 0.588. The van der Waals surface area contributed by atoms with Crippen LogP contribution in [0.25, 0.3) is 0 Å². The summed E-state index contributed by atoms with van der Waals surface area (Å²) in [5.41, 5.74) is 6.43. The summed E-state index contributed by atoms with van der Waals surface area (Å²) in [6.07, 6.45) is 2.29. The van der Waals surface area contributed by atoms with Gasteiger partial charge in [0.05, 0.1) is 0 Å². The van der Waals surface area contributed by atoms with E-state index >= 15 is 0 Å². The lowest BCUT2D eigenvalue weighted by Gasteiger charge is -2.27. The Morgan fingerprint density at radius 1 is 1.24 bits per heavy atom. The van der Waals surface area contributed by atoms with Gasteiger partial charge in [-0.05, 0) is 42.9 Å². The molecule has 0 saturated heterocycles. The summed E-state index contributed by atoms with van der Waals surface area (Å²) < 4.78 is 0. The Morgan fingerprint density at radius 2 is 1.81 bits per heavy atom. The predicted molar refractivity (Wildman–Crippen MR) is 89.6 cm³/mol. The van der Waals surface area contributed by atoms with Gasteiger partial charge in [0.25, 0.3) is 0 Å². The number of amides is 1. The van der Waals surface area contributed by atoms with Crippen LogP contribution in [-0.2, 0) is 10.2 Å². The third kappa shape index (κ3) is 4.48. The van der Waals surface area contributed by atoms with Gasteiger partial charge in [0.15, 0.2) is 0 Å². The Bertz CT molecular complexity index is 503. The molecule has 1 aromatic carbocycles. The SMILES string of the molecule is CC(CSc1ccc(C(C)(C)C)cc1)(NC1CC1)C(N)=O. The molecule has 3 nitrogen and oxygen atoms in total. The van der Waals surface area contributed by atoms with Crippen molar-refractivity contribution in [2.24, 2.45) is 5.73 Å². The van der Waals surface area contributed by atoms with Crippen molar-refractivity contribution in [1.29, 1.82) is 0 Å². The number of primary amides is 1.